The van der Waals surface area contributed by atoms with Crippen molar-refractivity contribution in [1.29, 1.82) is 0 Å². The molecule has 1 aromatic rings. The average molecular weight is 231 g/mol. The fraction of sp³-hybridized carbons (Fsp3) is 0.727. The Hall–Kier alpha value is -0.540. The van der Waals surface area contributed by atoms with Crippen molar-refractivity contribution in [3.05, 3.63) is 16.4 Å². The zero-order chi connectivity index (χ0) is 11.4. The number of aryl methyl sites for hydroxylation is 2. The Balaban J connectivity index is 2.66. The number of aliphatic hydroxyl groups excluding tert-OH is 1. The molecule has 0 fully saturated rings. The molecule has 1 N–H and O–H groups in total. The molecule has 3 nitrogen and oxygen atoms in total. The second-order valence-electron chi connectivity index (χ2n) is 3.90. The van der Waals surface area contributed by atoms with Crippen LogP contribution in [-0.4, -0.2) is 21.0 Å². The minimum atomic E-state index is -0.233. The maximum atomic E-state index is 9.18. The predicted octanol–water partition coefficient (Wildman–Crippen LogP) is 2.57. The first kappa shape index (κ1) is 12.5. The fourth-order valence-corrected chi connectivity index (χ4v) is 1.90. The lowest BCUT2D eigenvalue weighted by atomic mass is 10.1. The van der Waals surface area contributed by atoms with E-state index in [4.69, 9.17) is 11.6 Å². The smallest absolute Gasteiger partial charge is 0.0847 e. The second-order valence-corrected chi connectivity index (χ2v) is 4.28. The summed E-state index contributed by atoms with van der Waals surface area (Å²) >= 11 is 6.16. The van der Waals surface area contributed by atoms with E-state index >= 15 is 0 Å². The molecule has 1 unspecified atom stereocenters. The van der Waals surface area contributed by atoms with Crippen molar-refractivity contribution in [1.82, 2.24) is 9.78 Å². The summed E-state index contributed by atoms with van der Waals surface area (Å²) in [6.45, 7) is 6.63. The third-order valence-electron chi connectivity index (χ3n) is 2.49. The summed E-state index contributed by atoms with van der Waals surface area (Å²) in [6, 6.07) is 0. The van der Waals surface area contributed by atoms with Crippen LogP contribution in [0.5, 0.6) is 0 Å². The molecule has 1 atom stereocenters. The molecule has 0 aliphatic carbocycles. The number of aromatic nitrogens is 2. The zero-order valence-corrected chi connectivity index (χ0v) is 10.4. The lowest BCUT2D eigenvalue weighted by Crippen LogP contribution is -2.05. The molecule has 1 heterocycles. The molecule has 15 heavy (non-hydrogen) atoms. The van der Waals surface area contributed by atoms with Gasteiger partial charge in [-0.25, -0.2) is 0 Å². The average Bonchev–Trinajstić information content (AvgIpc) is 2.44. The number of nitrogens with zero attached hydrogens (tertiary/aromatic N) is 2. The lowest BCUT2D eigenvalue weighted by molar-refractivity contribution is 0.181. The maximum Gasteiger partial charge on any atom is 0.0847 e. The van der Waals surface area contributed by atoms with Crippen molar-refractivity contribution < 1.29 is 5.11 Å². The number of halogens is 1. The monoisotopic (exact) mass is 230 g/mol. The minimum Gasteiger partial charge on any atom is -0.393 e. The van der Waals surface area contributed by atoms with Crippen LogP contribution < -0.4 is 0 Å². The first-order valence-electron chi connectivity index (χ1n) is 5.46. The van der Waals surface area contributed by atoms with Crippen molar-refractivity contribution in [3.8, 4) is 0 Å². The predicted molar refractivity (Wildman–Crippen MR) is 62.3 cm³/mol. The summed E-state index contributed by atoms with van der Waals surface area (Å²) in [5.41, 5.74) is 1.99. The molecular formula is C11H19ClN2O. The van der Waals surface area contributed by atoms with E-state index in [0.717, 1.165) is 42.2 Å². The standard InChI is InChI=1S/C11H19ClN2O/c1-4-14-10(7-5-6-8(2)15)11(12)9(3)13-14/h8,15H,4-7H2,1-3H3. The van der Waals surface area contributed by atoms with Gasteiger partial charge in [0.05, 0.1) is 22.5 Å². The minimum absolute atomic E-state index is 0.233. The molecular weight excluding hydrogens is 212 g/mol. The van der Waals surface area contributed by atoms with Crippen LogP contribution in [0.15, 0.2) is 0 Å². The van der Waals surface area contributed by atoms with Gasteiger partial charge in [-0.1, -0.05) is 11.6 Å². The zero-order valence-electron chi connectivity index (χ0n) is 9.63. The number of aliphatic hydroxyl groups is 1. The van der Waals surface area contributed by atoms with Crippen molar-refractivity contribution in [2.24, 2.45) is 0 Å². The Morgan fingerprint density at radius 3 is 2.73 bits per heavy atom. The molecule has 0 aliphatic heterocycles. The topological polar surface area (TPSA) is 38.0 Å². The van der Waals surface area contributed by atoms with Gasteiger partial charge in [-0.15, -0.1) is 0 Å². The maximum absolute atomic E-state index is 9.18. The van der Waals surface area contributed by atoms with Gasteiger partial charge in [-0.05, 0) is 40.0 Å². The van der Waals surface area contributed by atoms with Gasteiger partial charge in [-0.3, -0.25) is 4.68 Å². The quantitative estimate of drug-likeness (QED) is 0.845. The molecule has 1 aromatic heterocycles. The van der Waals surface area contributed by atoms with Crippen molar-refractivity contribution in [3.63, 3.8) is 0 Å². The highest BCUT2D eigenvalue weighted by molar-refractivity contribution is 6.31. The van der Waals surface area contributed by atoms with Gasteiger partial charge in [0.2, 0.25) is 0 Å². The van der Waals surface area contributed by atoms with E-state index in [1.807, 2.05) is 18.5 Å². The summed E-state index contributed by atoms with van der Waals surface area (Å²) in [5.74, 6) is 0. The number of hydrogen-bond acceptors (Lipinski definition) is 2. The Morgan fingerprint density at radius 1 is 1.53 bits per heavy atom. The van der Waals surface area contributed by atoms with Gasteiger partial charge >= 0.3 is 0 Å². The van der Waals surface area contributed by atoms with Crippen LogP contribution in [0.4, 0.5) is 0 Å². The summed E-state index contributed by atoms with van der Waals surface area (Å²) in [6.07, 6.45) is 2.41. The van der Waals surface area contributed by atoms with Gasteiger partial charge in [0.25, 0.3) is 0 Å². The van der Waals surface area contributed by atoms with Gasteiger partial charge in [-0.2, -0.15) is 5.10 Å². The molecule has 0 radical (unpaired) electrons. The molecule has 4 heteroatoms. The highest BCUT2D eigenvalue weighted by Crippen LogP contribution is 2.22. The molecule has 0 aliphatic rings. The molecule has 0 saturated carbocycles. The van der Waals surface area contributed by atoms with E-state index in [2.05, 4.69) is 12.0 Å². The van der Waals surface area contributed by atoms with E-state index in [9.17, 15) is 5.11 Å². The summed E-state index contributed by atoms with van der Waals surface area (Å²) in [4.78, 5) is 0. The van der Waals surface area contributed by atoms with Crippen LogP contribution in [0.1, 0.15) is 38.1 Å². The van der Waals surface area contributed by atoms with Gasteiger partial charge in [0.1, 0.15) is 0 Å². The highest BCUT2D eigenvalue weighted by Gasteiger charge is 2.11. The Kier molecular flexibility index (Phi) is 4.61. The van der Waals surface area contributed by atoms with Crippen molar-refractivity contribution in [2.45, 2.75) is 52.7 Å². The van der Waals surface area contributed by atoms with Gasteiger partial charge in [0.15, 0.2) is 0 Å². The SMILES string of the molecule is CCn1nc(C)c(Cl)c1CCCC(C)O. The lowest BCUT2D eigenvalue weighted by Gasteiger charge is -2.06. The van der Waals surface area contributed by atoms with E-state index in [1.165, 1.54) is 0 Å². The first-order chi connectivity index (χ1) is 7.06. The Bertz CT molecular complexity index is 321. The van der Waals surface area contributed by atoms with Crippen LogP contribution >= 0.6 is 11.6 Å². The summed E-state index contributed by atoms with van der Waals surface area (Å²) in [5, 5.41) is 14.3. The Labute approximate surface area is 96.1 Å². The van der Waals surface area contributed by atoms with E-state index < -0.39 is 0 Å². The van der Waals surface area contributed by atoms with Crippen LogP contribution in [-0.2, 0) is 13.0 Å². The Morgan fingerprint density at radius 2 is 2.20 bits per heavy atom. The first-order valence-corrected chi connectivity index (χ1v) is 5.83. The largest absolute Gasteiger partial charge is 0.393 e. The molecule has 0 aromatic carbocycles. The fourth-order valence-electron chi connectivity index (χ4n) is 1.67. The van der Waals surface area contributed by atoms with Crippen LogP contribution in [0.3, 0.4) is 0 Å². The number of rotatable bonds is 5. The van der Waals surface area contributed by atoms with Crippen LogP contribution in [0.25, 0.3) is 0 Å². The molecule has 0 bridgehead atoms. The molecule has 0 saturated heterocycles. The normalized spacial score (nSPS) is 13.1. The third kappa shape index (κ3) is 3.21. The molecule has 1 rings (SSSR count). The molecule has 0 amide bonds. The third-order valence-corrected chi connectivity index (χ3v) is 2.98. The molecule has 0 spiro atoms. The van der Waals surface area contributed by atoms with Crippen molar-refractivity contribution in [2.75, 3.05) is 0 Å². The summed E-state index contributed by atoms with van der Waals surface area (Å²) in [7, 11) is 0. The molecule has 86 valence electrons. The number of hydrogen-bond donors (Lipinski definition) is 1. The van der Waals surface area contributed by atoms with Crippen molar-refractivity contribution >= 4 is 11.6 Å². The van der Waals surface area contributed by atoms with E-state index in [0.29, 0.717) is 0 Å². The second kappa shape index (κ2) is 5.52. The van der Waals surface area contributed by atoms with E-state index in [-0.39, 0.29) is 6.10 Å². The van der Waals surface area contributed by atoms with Gasteiger partial charge < -0.3 is 5.11 Å². The van der Waals surface area contributed by atoms with Gasteiger partial charge in [0, 0.05) is 6.54 Å². The summed E-state index contributed by atoms with van der Waals surface area (Å²) < 4.78 is 1.94. The van der Waals surface area contributed by atoms with E-state index in [1.54, 1.807) is 0 Å². The highest BCUT2D eigenvalue weighted by atomic mass is 35.5. The van der Waals surface area contributed by atoms with Crippen LogP contribution in [0, 0.1) is 6.92 Å². The van der Waals surface area contributed by atoms with Crippen LogP contribution in [0.2, 0.25) is 5.02 Å².